The van der Waals surface area contributed by atoms with E-state index in [2.05, 4.69) is 10.6 Å². The second kappa shape index (κ2) is 12.9. The summed E-state index contributed by atoms with van der Waals surface area (Å²) in [6.07, 6.45) is 0. The number of nitrogens with zero attached hydrogens (tertiary/aromatic N) is 4. The van der Waals surface area contributed by atoms with Gasteiger partial charge in [-0.15, -0.1) is 0 Å². The molecule has 0 saturated carbocycles. The van der Waals surface area contributed by atoms with Crippen LogP contribution in [0.1, 0.15) is 0 Å². The van der Waals surface area contributed by atoms with E-state index in [-0.39, 0.29) is 43.8 Å². The number of rotatable bonds is 4. The number of fused-ring (bicyclic) bond motifs is 2. The number of ether oxygens (including phenoxy) is 2. The predicted molar refractivity (Wildman–Crippen MR) is 183 cm³/mol. The zero-order chi connectivity index (χ0) is 30.8. The van der Waals surface area contributed by atoms with Crippen molar-refractivity contribution in [3.63, 3.8) is 0 Å². The Morgan fingerprint density at radius 1 is 0.659 bits per heavy atom. The summed E-state index contributed by atoms with van der Waals surface area (Å²) in [6.45, 7) is 0. The van der Waals surface area contributed by atoms with Gasteiger partial charge in [-0.25, -0.2) is 0 Å². The van der Waals surface area contributed by atoms with Gasteiger partial charge in [0.05, 0.1) is 27.5 Å². The molecule has 0 fully saturated rings. The molecule has 0 aromatic heterocycles. The van der Waals surface area contributed by atoms with Crippen molar-refractivity contribution in [1.82, 2.24) is 19.6 Å². The van der Waals surface area contributed by atoms with Crippen LogP contribution in [0.25, 0.3) is 21.5 Å². The van der Waals surface area contributed by atoms with Crippen molar-refractivity contribution < 1.29 is 14.6 Å². The molecule has 0 aliphatic heterocycles. The Kier molecular flexibility index (Phi) is 10.1. The van der Waals surface area contributed by atoms with E-state index in [1.165, 1.54) is 6.07 Å². The minimum atomic E-state index is -0.441. The Hall–Kier alpha value is -3.59. The molecule has 0 radical (unpaired) electrons. The molecular weight excluding hydrogens is 601 g/mol. The van der Waals surface area contributed by atoms with Crippen LogP contribution in [0, 0.1) is 0 Å². The van der Waals surface area contributed by atoms with Gasteiger partial charge >= 0.3 is 0 Å². The largest absolute Gasteiger partial charge is 0.506 e. The number of thiocarbonyl (C=S) groups is 4. The molecule has 0 unspecified atom stereocenters. The van der Waals surface area contributed by atoms with Gasteiger partial charge in [0.25, 0.3) is 10.3 Å². The van der Waals surface area contributed by atoms with Crippen molar-refractivity contribution >= 4 is 102 Å². The number of anilines is 2. The van der Waals surface area contributed by atoms with E-state index in [0.29, 0.717) is 27.0 Å². The maximum Gasteiger partial charge on any atom is 0.264 e. The molecule has 14 heteroatoms. The minimum absolute atomic E-state index is 0.118. The fourth-order valence-corrected chi connectivity index (χ4v) is 4.01. The normalized spacial score (nSPS) is 10.5. The second-order valence-corrected chi connectivity index (χ2v) is 11.3. The van der Waals surface area contributed by atoms with Crippen LogP contribution < -0.4 is 25.5 Å². The SMILES string of the molecule is CN(C)C(=S)Nc1ccc(OC(=S)N(C)C)c2cc(=O)c3c(NC(=S)N(C)C)ccc(OC(=S)N(C)C)c3c(O)c12. The molecule has 0 amide bonds. The first-order valence-corrected chi connectivity index (χ1v) is 13.8. The van der Waals surface area contributed by atoms with Crippen LogP contribution in [-0.4, -0.2) is 102 Å². The summed E-state index contributed by atoms with van der Waals surface area (Å²) >= 11 is 21.7. The van der Waals surface area contributed by atoms with Crippen molar-refractivity contribution in [2.45, 2.75) is 0 Å². The molecule has 41 heavy (non-hydrogen) atoms. The van der Waals surface area contributed by atoms with Gasteiger partial charge in [0.1, 0.15) is 17.2 Å². The molecule has 10 nitrogen and oxygen atoms in total. The fourth-order valence-electron chi connectivity index (χ4n) is 3.61. The summed E-state index contributed by atoms with van der Waals surface area (Å²) < 4.78 is 11.9. The second-order valence-electron chi connectivity index (χ2n) is 9.79. The summed E-state index contributed by atoms with van der Waals surface area (Å²) in [7, 11) is 14.1. The molecular formula is C27H32N6O4S4. The molecule has 0 spiro atoms. The average molecular weight is 633 g/mol. The molecule has 0 aliphatic rings. The first-order chi connectivity index (χ1) is 19.1. The van der Waals surface area contributed by atoms with E-state index in [4.69, 9.17) is 58.3 Å². The van der Waals surface area contributed by atoms with Gasteiger partial charge < -0.3 is 44.8 Å². The molecule has 0 saturated heterocycles. The molecule has 218 valence electrons. The van der Waals surface area contributed by atoms with E-state index in [9.17, 15) is 9.90 Å². The van der Waals surface area contributed by atoms with E-state index in [0.717, 1.165) is 0 Å². The molecule has 3 rings (SSSR count). The number of hydrogen-bond acceptors (Lipinski definition) is 8. The van der Waals surface area contributed by atoms with Crippen LogP contribution in [0.4, 0.5) is 11.4 Å². The van der Waals surface area contributed by atoms with Gasteiger partial charge in [-0.3, -0.25) is 4.79 Å². The highest BCUT2D eigenvalue weighted by Gasteiger charge is 2.22. The van der Waals surface area contributed by atoms with E-state index < -0.39 is 5.43 Å². The summed E-state index contributed by atoms with van der Waals surface area (Å²) in [5.41, 5.74) is 0.357. The van der Waals surface area contributed by atoms with Crippen LogP contribution in [0.5, 0.6) is 17.2 Å². The summed E-state index contributed by atoms with van der Waals surface area (Å²) in [5.74, 6) is 0.166. The van der Waals surface area contributed by atoms with Gasteiger partial charge in [-0.1, -0.05) is 0 Å². The smallest absolute Gasteiger partial charge is 0.264 e. The Labute approximate surface area is 260 Å². The van der Waals surface area contributed by atoms with Crippen molar-refractivity contribution in [3.8, 4) is 17.2 Å². The third-order valence-electron chi connectivity index (χ3n) is 5.79. The molecule has 0 bridgehead atoms. The van der Waals surface area contributed by atoms with E-state index in [1.807, 2.05) is 0 Å². The fraction of sp³-hybridized carbons (Fsp3) is 0.296. The maximum absolute atomic E-state index is 14.0. The highest BCUT2D eigenvalue weighted by atomic mass is 32.1. The molecule has 0 aliphatic carbocycles. The topological polar surface area (TPSA) is 92.8 Å². The Morgan fingerprint density at radius 2 is 1.10 bits per heavy atom. The van der Waals surface area contributed by atoms with Crippen LogP contribution in [0.3, 0.4) is 0 Å². The molecule has 3 aromatic rings. The number of nitrogens with one attached hydrogen (secondary N) is 2. The van der Waals surface area contributed by atoms with Crippen LogP contribution >= 0.6 is 48.9 Å². The predicted octanol–water partition coefficient (Wildman–Crippen LogP) is 4.03. The zero-order valence-corrected chi connectivity index (χ0v) is 27.2. The van der Waals surface area contributed by atoms with Gasteiger partial charge in [0.15, 0.2) is 15.7 Å². The lowest BCUT2D eigenvalue weighted by atomic mass is 10.1. The van der Waals surface area contributed by atoms with Gasteiger partial charge in [0.2, 0.25) is 0 Å². The molecule has 3 aromatic carbocycles. The van der Waals surface area contributed by atoms with Gasteiger partial charge in [0, 0.05) is 61.8 Å². The lowest BCUT2D eigenvalue weighted by Crippen LogP contribution is -2.27. The van der Waals surface area contributed by atoms with Gasteiger partial charge in [-0.05, 0) is 79.2 Å². The maximum atomic E-state index is 14.0. The number of hydrogen-bond donors (Lipinski definition) is 3. The summed E-state index contributed by atoms with van der Waals surface area (Å²) in [4.78, 5) is 20.7. The lowest BCUT2D eigenvalue weighted by molar-refractivity contribution is 0.448. The number of aromatic hydroxyl groups is 1. The van der Waals surface area contributed by atoms with Crippen molar-refractivity contribution in [1.29, 1.82) is 0 Å². The lowest BCUT2D eigenvalue weighted by Gasteiger charge is -2.20. The van der Waals surface area contributed by atoms with Crippen molar-refractivity contribution in [2.75, 3.05) is 67.0 Å². The monoisotopic (exact) mass is 632 g/mol. The van der Waals surface area contributed by atoms with Crippen LogP contribution in [0.15, 0.2) is 35.1 Å². The molecule has 3 N–H and O–H groups in total. The molecule has 0 heterocycles. The number of benzene rings is 2. The molecule has 0 atom stereocenters. The van der Waals surface area contributed by atoms with Crippen LogP contribution in [0.2, 0.25) is 0 Å². The Balaban J connectivity index is 2.57. The highest BCUT2D eigenvalue weighted by molar-refractivity contribution is 7.80. The first-order valence-electron chi connectivity index (χ1n) is 12.2. The van der Waals surface area contributed by atoms with E-state index in [1.54, 1.807) is 100 Å². The standard InChI is InChI=1S/C27H32N6O4S4/c1-30(2)24(38)28-15-9-11-18(36-26(40)32(5)6)14-13-17(34)21-16(29-25(39)31(3)4)10-12-19(37-27(41)33(7)8)22(21)23(35)20(14)15/h9-13,35H,1-8H3,(H,28,38)(H,29,39). The first kappa shape index (κ1) is 31.9. The minimum Gasteiger partial charge on any atom is -0.506 e. The highest BCUT2D eigenvalue weighted by Crippen LogP contribution is 2.44. The third-order valence-corrected chi connectivity index (χ3v) is 7.62. The zero-order valence-electron chi connectivity index (χ0n) is 24.0. The Bertz CT molecular complexity index is 1630. The summed E-state index contributed by atoms with van der Waals surface area (Å²) in [5, 5.41) is 20.1. The average Bonchev–Trinajstić information content (AvgIpc) is 3.01. The Morgan fingerprint density at radius 3 is 1.56 bits per heavy atom. The van der Waals surface area contributed by atoms with Gasteiger partial charge in [-0.2, -0.15) is 0 Å². The van der Waals surface area contributed by atoms with E-state index >= 15 is 0 Å². The quantitative estimate of drug-likeness (QED) is 0.362. The summed E-state index contributed by atoms with van der Waals surface area (Å²) in [6, 6.07) is 7.99. The third kappa shape index (κ3) is 7.01. The van der Waals surface area contributed by atoms with Crippen molar-refractivity contribution in [3.05, 3.63) is 40.6 Å². The van der Waals surface area contributed by atoms with Crippen LogP contribution in [-0.2, 0) is 0 Å². The van der Waals surface area contributed by atoms with Crippen molar-refractivity contribution in [2.24, 2.45) is 0 Å².